The van der Waals surface area contributed by atoms with Crippen molar-refractivity contribution in [1.29, 1.82) is 0 Å². The van der Waals surface area contributed by atoms with Gasteiger partial charge in [0.2, 0.25) is 0 Å². The zero-order valence-corrected chi connectivity index (χ0v) is 15.0. The van der Waals surface area contributed by atoms with Crippen molar-refractivity contribution < 1.29 is 23.0 Å². The summed E-state index contributed by atoms with van der Waals surface area (Å²) in [7, 11) is 2.96. The maximum Gasteiger partial charge on any atom is 0.257 e. The Morgan fingerprint density at radius 2 is 1.46 bits per heavy atom. The summed E-state index contributed by atoms with van der Waals surface area (Å²) in [5.41, 5.74) is -0.0364. The Hall–Kier alpha value is -3.75. The van der Waals surface area contributed by atoms with E-state index in [-0.39, 0.29) is 17.3 Å². The standard InChI is InChI=1S/C19H16F2N4O3/c1-27-12-8-11(9-13(10-12)28-2)19(26)23-17-7-6-16(24-25-17)22-18-14(20)4-3-5-15(18)21/h3-10H,1-2H3,(H,22,24)(H,23,25,26). The largest absolute Gasteiger partial charge is 0.497 e. The predicted molar refractivity (Wildman–Crippen MR) is 99.2 cm³/mol. The van der Waals surface area contributed by atoms with Crippen molar-refractivity contribution in [2.45, 2.75) is 0 Å². The summed E-state index contributed by atoms with van der Waals surface area (Å²) in [6.07, 6.45) is 0. The molecule has 9 heteroatoms. The summed E-state index contributed by atoms with van der Waals surface area (Å²) in [5.74, 6) is -0.773. The van der Waals surface area contributed by atoms with E-state index in [1.165, 1.54) is 32.4 Å². The number of halogens is 2. The Labute approximate surface area is 159 Å². The normalized spacial score (nSPS) is 10.3. The van der Waals surface area contributed by atoms with Gasteiger partial charge in [0.1, 0.15) is 28.8 Å². The zero-order valence-electron chi connectivity index (χ0n) is 15.0. The number of hydrogen-bond donors (Lipinski definition) is 2. The molecule has 7 nitrogen and oxygen atoms in total. The zero-order chi connectivity index (χ0) is 20.1. The van der Waals surface area contributed by atoms with Gasteiger partial charge in [-0.2, -0.15) is 0 Å². The van der Waals surface area contributed by atoms with Gasteiger partial charge in [-0.15, -0.1) is 10.2 Å². The number of aromatic nitrogens is 2. The maximum atomic E-state index is 13.7. The van der Waals surface area contributed by atoms with Crippen molar-refractivity contribution >= 4 is 23.2 Å². The molecule has 1 heterocycles. The minimum absolute atomic E-state index is 0.116. The third-order valence-electron chi connectivity index (χ3n) is 3.74. The highest BCUT2D eigenvalue weighted by Crippen LogP contribution is 2.24. The number of ether oxygens (including phenoxy) is 2. The van der Waals surface area contributed by atoms with Crippen molar-refractivity contribution in [2.75, 3.05) is 24.9 Å². The van der Waals surface area contributed by atoms with E-state index in [9.17, 15) is 13.6 Å². The number of carbonyl (C=O) groups excluding carboxylic acids is 1. The summed E-state index contributed by atoms with van der Waals surface area (Å²) in [6.45, 7) is 0. The molecule has 0 fully saturated rings. The fraction of sp³-hybridized carbons (Fsp3) is 0.105. The first-order valence-electron chi connectivity index (χ1n) is 8.09. The Balaban J connectivity index is 1.73. The number of methoxy groups -OCH3 is 2. The lowest BCUT2D eigenvalue weighted by molar-refractivity contribution is 0.102. The lowest BCUT2D eigenvalue weighted by Gasteiger charge is -2.10. The first-order chi connectivity index (χ1) is 13.5. The molecule has 0 atom stereocenters. The van der Waals surface area contributed by atoms with Crippen LogP contribution < -0.4 is 20.1 Å². The molecule has 3 aromatic rings. The molecule has 0 saturated carbocycles. The van der Waals surface area contributed by atoms with Crippen molar-refractivity contribution in [3.63, 3.8) is 0 Å². The van der Waals surface area contributed by atoms with Gasteiger partial charge in [-0.1, -0.05) is 6.07 Å². The molecule has 0 aliphatic rings. The Kier molecular flexibility index (Phi) is 5.64. The smallest absolute Gasteiger partial charge is 0.257 e. The highest BCUT2D eigenvalue weighted by Gasteiger charge is 2.12. The van der Waals surface area contributed by atoms with Gasteiger partial charge in [0, 0.05) is 11.6 Å². The Morgan fingerprint density at radius 1 is 0.893 bits per heavy atom. The monoisotopic (exact) mass is 386 g/mol. The number of anilines is 3. The quantitative estimate of drug-likeness (QED) is 0.671. The van der Waals surface area contributed by atoms with E-state index in [0.717, 1.165) is 12.1 Å². The molecule has 2 N–H and O–H groups in total. The molecule has 0 saturated heterocycles. The van der Waals surface area contributed by atoms with Crippen LogP contribution in [0.15, 0.2) is 48.5 Å². The molecule has 144 valence electrons. The first-order valence-corrected chi connectivity index (χ1v) is 8.09. The fourth-order valence-electron chi connectivity index (χ4n) is 2.34. The third-order valence-corrected chi connectivity index (χ3v) is 3.74. The number of hydrogen-bond acceptors (Lipinski definition) is 6. The van der Waals surface area contributed by atoms with E-state index in [2.05, 4.69) is 20.8 Å². The number of nitrogens with zero attached hydrogens (tertiary/aromatic N) is 2. The van der Waals surface area contributed by atoms with Crippen LogP contribution in [-0.2, 0) is 0 Å². The number of benzene rings is 2. The molecule has 0 spiro atoms. The third kappa shape index (κ3) is 4.32. The molecule has 0 aliphatic carbocycles. The van der Waals surface area contributed by atoms with Crippen LogP contribution in [0.25, 0.3) is 0 Å². The summed E-state index contributed by atoms with van der Waals surface area (Å²) in [5, 5.41) is 12.7. The molecule has 0 bridgehead atoms. The first kappa shape index (κ1) is 19.0. The van der Waals surface area contributed by atoms with Gasteiger partial charge in [-0.3, -0.25) is 4.79 Å². The van der Waals surface area contributed by atoms with Crippen LogP contribution in [0.5, 0.6) is 11.5 Å². The predicted octanol–water partition coefficient (Wildman–Crippen LogP) is 3.77. The molecule has 0 radical (unpaired) electrons. The molecule has 0 unspecified atom stereocenters. The number of rotatable bonds is 6. The van der Waals surface area contributed by atoms with E-state index in [1.807, 2.05) is 0 Å². The average molecular weight is 386 g/mol. The second kappa shape index (κ2) is 8.30. The van der Waals surface area contributed by atoms with Crippen LogP contribution in [-0.4, -0.2) is 30.3 Å². The Morgan fingerprint density at radius 3 is 2.00 bits per heavy atom. The molecular formula is C19H16F2N4O3. The maximum absolute atomic E-state index is 13.7. The SMILES string of the molecule is COc1cc(OC)cc(C(=O)Nc2ccc(Nc3c(F)cccc3F)nn2)c1. The van der Waals surface area contributed by atoms with Crippen molar-refractivity contribution in [3.05, 3.63) is 65.7 Å². The Bertz CT molecular complexity index is 954. The summed E-state index contributed by atoms with van der Waals surface area (Å²) < 4.78 is 37.6. The topological polar surface area (TPSA) is 85.4 Å². The van der Waals surface area contributed by atoms with Crippen molar-refractivity contribution in [3.8, 4) is 11.5 Å². The summed E-state index contributed by atoms with van der Waals surface area (Å²) in [6, 6.07) is 11.1. The van der Waals surface area contributed by atoms with Crippen molar-refractivity contribution in [2.24, 2.45) is 0 Å². The molecule has 1 amide bonds. The second-order valence-electron chi connectivity index (χ2n) is 5.58. The van der Waals surface area contributed by atoms with E-state index in [0.29, 0.717) is 17.1 Å². The van der Waals surface area contributed by atoms with Gasteiger partial charge in [-0.05, 0) is 36.4 Å². The van der Waals surface area contributed by atoms with E-state index in [4.69, 9.17) is 9.47 Å². The highest BCUT2D eigenvalue weighted by atomic mass is 19.1. The average Bonchev–Trinajstić information content (AvgIpc) is 2.71. The van der Waals surface area contributed by atoms with Crippen LogP contribution in [0, 0.1) is 11.6 Å². The minimum Gasteiger partial charge on any atom is -0.497 e. The van der Waals surface area contributed by atoms with Crippen LogP contribution in [0.3, 0.4) is 0 Å². The highest BCUT2D eigenvalue weighted by molar-refractivity contribution is 6.04. The number of nitrogens with one attached hydrogen (secondary N) is 2. The second-order valence-corrected chi connectivity index (χ2v) is 5.58. The number of amides is 1. The van der Waals surface area contributed by atoms with Gasteiger partial charge < -0.3 is 20.1 Å². The van der Waals surface area contributed by atoms with Crippen LogP contribution in [0.4, 0.5) is 26.1 Å². The molecule has 0 aliphatic heterocycles. The summed E-state index contributed by atoms with van der Waals surface area (Å²) in [4.78, 5) is 12.4. The van der Waals surface area contributed by atoms with Crippen LogP contribution >= 0.6 is 0 Å². The van der Waals surface area contributed by atoms with Gasteiger partial charge in [-0.25, -0.2) is 8.78 Å². The number of carbonyl (C=O) groups is 1. The molecule has 2 aromatic carbocycles. The van der Waals surface area contributed by atoms with E-state index < -0.39 is 17.5 Å². The lowest BCUT2D eigenvalue weighted by atomic mass is 10.2. The van der Waals surface area contributed by atoms with E-state index >= 15 is 0 Å². The van der Waals surface area contributed by atoms with Gasteiger partial charge >= 0.3 is 0 Å². The van der Waals surface area contributed by atoms with Gasteiger partial charge in [0.25, 0.3) is 5.91 Å². The van der Waals surface area contributed by atoms with Gasteiger partial charge in [0.05, 0.1) is 14.2 Å². The molecular weight excluding hydrogens is 370 g/mol. The number of para-hydroxylation sites is 1. The lowest BCUT2D eigenvalue weighted by Crippen LogP contribution is -2.14. The molecule has 1 aromatic heterocycles. The fourth-order valence-corrected chi connectivity index (χ4v) is 2.34. The van der Waals surface area contributed by atoms with Crippen LogP contribution in [0.1, 0.15) is 10.4 Å². The van der Waals surface area contributed by atoms with Crippen molar-refractivity contribution in [1.82, 2.24) is 10.2 Å². The summed E-state index contributed by atoms with van der Waals surface area (Å²) >= 11 is 0. The van der Waals surface area contributed by atoms with Crippen LogP contribution in [0.2, 0.25) is 0 Å². The van der Waals surface area contributed by atoms with E-state index in [1.54, 1.807) is 18.2 Å². The molecule has 3 rings (SSSR count). The molecule has 28 heavy (non-hydrogen) atoms. The minimum atomic E-state index is -0.758. The van der Waals surface area contributed by atoms with Gasteiger partial charge in [0.15, 0.2) is 11.6 Å².